The standard InChI is InChI=1S/C29H44O6/c1-25(2)12-13-29(24(34)35)11-8-17-16(18(29)14-25)6-7-20-26(17,3)10-9-21-27(20,4)15-19(30)22(31)28(21,5)23(32)33/h18-22,30-31H,6-15H2,1-5H3,(H,32,33)(H,34,35)/t18-,19-,20-,21+,22-,26-,27+,28-,29+/m0/s1. The summed E-state index contributed by atoms with van der Waals surface area (Å²) in [6, 6.07) is 0. The molecule has 0 aromatic heterocycles. The largest absolute Gasteiger partial charge is 0.481 e. The van der Waals surface area contributed by atoms with Gasteiger partial charge in [-0.2, -0.15) is 0 Å². The number of hydrogen-bond donors (Lipinski definition) is 4. The fourth-order valence-corrected chi connectivity index (χ4v) is 10.3. The molecule has 6 nitrogen and oxygen atoms in total. The fourth-order valence-electron chi connectivity index (χ4n) is 10.3. The van der Waals surface area contributed by atoms with Crippen LogP contribution in [-0.4, -0.2) is 44.6 Å². The number of carbonyl (C=O) groups is 2. The predicted octanol–water partition coefficient (Wildman–Crippen LogP) is 5.02. The monoisotopic (exact) mass is 488 g/mol. The van der Waals surface area contributed by atoms with Crippen LogP contribution in [0.2, 0.25) is 0 Å². The second-order valence-electron chi connectivity index (χ2n) is 14.3. The van der Waals surface area contributed by atoms with Crippen molar-refractivity contribution in [1.29, 1.82) is 0 Å². The molecule has 0 aliphatic heterocycles. The second-order valence-corrected chi connectivity index (χ2v) is 14.3. The average Bonchev–Trinajstić information content (AvgIpc) is 2.76. The summed E-state index contributed by atoms with van der Waals surface area (Å²) in [5.74, 6) is -1.57. The molecule has 3 saturated carbocycles. The van der Waals surface area contributed by atoms with E-state index < -0.39 is 40.4 Å². The Balaban J connectivity index is 1.59. The first-order valence-electron chi connectivity index (χ1n) is 13.7. The molecular formula is C29H44O6. The molecule has 0 amide bonds. The van der Waals surface area contributed by atoms with E-state index in [1.165, 1.54) is 11.1 Å². The van der Waals surface area contributed by atoms with Crippen LogP contribution in [0.25, 0.3) is 0 Å². The van der Waals surface area contributed by atoms with Crippen molar-refractivity contribution in [3.63, 3.8) is 0 Å². The van der Waals surface area contributed by atoms with Gasteiger partial charge in [0.25, 0.3) is 0 Å². The number of hydrogen-bond acceptors (Lipinski definition) is 4. The minimum atomic E-state index is -1.37. The van der Waals surface area contributed by atoms with Gasteiger partial charge in [0.2, 0.25) is 0 Å². The molecule has 9 atom stereocenters. The van der Waals surface area contributed by atoms with E-state index in [2.05, 4.69) is 27.7 Å². The number of aliphatic hydroxyl groups excluding tert-OH is 2. The molecule has 0 bridgehead atoms. The molecule has 5 aliphatic carbocycles. The van der Waals surface area contributed by atoms with Gasteiger partial charge in [-0.25, -0.2) is 0 Å². The molecule has 0 saturated heterocycles. The van der Waals surface area contributed by atoms with E-state index in [1.54, 1.807) is 6.92 Å². The normalized spacial score (nSPS) is 50.9. The maximum absolute atomic E-state index is 12.7. The van der Waals surface area contributed by atoms with E-state index in [0.29, 0.717) is 19.3 Å². The lowest BCUT2D eigenvalue weighted by Crippen LogP contribution is -2.66. The van der Waals surface area contributed by atoms with Gasteiger partial charge in [0.1, 0.15) is 0 Å². The molecule has 3 fully saturated rings. The molecule has 0 spiro atoms. The predicted molar refractivity (Wildman–Crippen MR) is 131 cm³/mol. The Kier molecular flexibility index (Phi) is 5.46. The maximum Gasteiger partial charge on any atom is 0.312 e. The third-order valence-electron chi connectivity index (χ3n) is 12.2. The molecule has 35 heavy (non-hydrogen) atoms. The zero-order chi connectivity index (χ0) is 25.8. The van der Waals surface area contributed by atoms with E-state index in [4.69, 9.17) is 0 Å². The lowest BCUT2D eigenvalue weighted by molar-refractivity contribution is -0.224. The van der Waals surface area contributed by atoms with Gasteiger partial charge in [-0.3, -0.25) is 9.59 Å². The van der Waals surface area contributed by atoms with Crippen molar-refractivity contribution >= 4 is 11.9 Å². The lowest BCUT2D eigenvalue weighted by Gasteiger charge is -2.67. The van der Waals surface area contributed by atoms with Gasteiger partial charge in [0.05, 0.1) is 23.0 Å². The highest BCUT2D eigenvalue weighted by Gasteiger charge is 2.68. The van der Waals surface area contributed by atoms with Gasteiger partial charge in [-0.15, -0.1) is 0 Å². The van der Waals surface area contributed by atoms with Crippen molar-refractivity contribution in [2.75, 3.05) is 0 Å². The van der Waals surface area contributed by atoms with Crippen LogP contribution in [0.5, 0.6) is 0 Å². The van der Waals surface area contributed by atoms with Crippen LogP contribution in [0.3, 0.4) is 0 Å². The molecule has 0 aromatic rings. The Morgan fingerprint density at radius 1 is 0.800 bits per heavy atom. The van der Waals surface area contributed by atoms with E-state index in [9.17, 15) is 30.0 Å². The SMILES string of the molecule is CC1(C)CC[C@]2(C(=O)O)CCC3=C(CC[C@@H]4[C@@]5(C)C[C@H](O)[C@H](O)[C@@](C)(C(=O)O)[C@@H]5CC[C@@]34C)[C@@H]2C1. The third kappa shape index (κ3) is 3.14. The van der Waals surface area contributed by atoms with Crippen LogP contribution in [0, 0.1) is 44.8 Å². The summed E-state index contributed by atoms with van der Waals surface area (Å²) in [4.78, 5) is 25.1. The van der Waals surface area contributed by atoms with Crippen LogP contribution in [0.15, 0.2) is 11.1 Å². The van der Waals surface area contributed by atoms with Crippen LogP contribution in [0.1, 0.15) is 98.8 Å². The van der Waals surface area contributed by atoms with Crippen molar-refractivity contribution in [3.8, 4) is 0 Å². The molecule has 4 N–H and O–H groups in total. The number of aliphatic carboxylic acids is 2. The lowest BCUT2D eigenvalue weighted by atomic mass is 9.38. The highest BCUT2D eigenvalue weighted by atomic mass is 16.4. The smallest absolute Gasteiger partial charge is 0.312 e. The molecule has 0 unspecified atom stereocenters. The minimum Gasteiger partial charge on any atom is -0.481 e. The quantitative estimate of drug-likeness (QED) is 0.406. The van der Waals surface area contributed by atoms with E-state index in [1.807, 2.05) is 0 Å². The summed E-state index contributed by atoms with van der Waals surface area (Å²) in [5.41, 5.74) is 0.437. The van der Waals surface area contributed by atoms with Gasteiger partial charge in [0, 0.05) is 0 Å². The Hall–Kier alpha value is -1.40. The molecule has 5 aliphatic rings. The number of carboxylic acids is 2. The van der Waals surface area contributed by atoms with Gasteiger partial charge in [-0.1, -0.05) is 38.8 Å². The number of fused-ring (bicyclic) bond motifs is 6. The number of aliphatic hydroxyl groups is 2. The van der Waals surface area contributed by atoms with E-state index in [-0.39, 0.29) is 28.6 Å². The third-order valence-corrected chi connectivity index (χ3v) is 12.2. The fraction of sp³-hybridized carbons (Fsp3) is 0.862. The van der Waals surface area contributed by atoms with Crippen molar-refractivity contribution < 1.29 is 30.0 Å². The molecule has 0 radical (unpaired) electrons. The van der Waals surface area contributed by atoms with Crippen LogP contribution < -0.4 is 0 Å². The Labute approximate surface area is 209 Å². The zero-order valence-electron chi connectivity index (χ0n) is 22.1. The van der Waals surface area contributed by atoms with Gasteiger partial charge >= 0.3 is 11.9 Å². The van der Waals surface area contributed by atoms with Crippen molar-refractivity contribution in [3.05, 3.63) is 11.1 Å². The zero-order valence-corrected chi connectivity index (χ0v) is 22.1. The summed E-state index contributed by atoms with van der Waals surface area (Å²) in [6.45, 7) is 10.7. The maximum atomic E-state index is 12.7. The number of rotatable bonds is 2. The van der Waals surface area contributed by atoms with E-state index in [0.717, 1.165) is 44.9 Å². The highest BCUT2D eigenvalue weighted by molar-refractivity contribution is 5.77. The Morgan fingerprint density at radius 3 is 2.11 bits per heavy atom. The van der Waals surface area contributed by atoms with Crippen molar-refractivity contribution in [2.45, 2.75) is 111 Å². The number of allylic oxidation sites excluding steroid dienone is 2. The summed E-state index contributed by atoms with van der Waals surface area (Å²) in [7, 11) is 0. The Morgan fingerprint density at radius 2 is 1.49 bits per heavy atom. The van der Waals surface area contributed by atoms with Gasteiger partial charge in [0.15, 0.2) is 0 Å². The molecule has 196 valence electrons. The molecule has 0 aromatic carbocycles. The van der Waals surface area contributed by atoms with Gasteiger partial charge < -0.3 is 20.4 Å². The summed E-state index contributed by atoms with van der Waals surface area (Å²) >= 11 is 0. The van der Waals surface area contributed by atoms with Crippen molar-refractivity contribution in [2.24, 2.45) is 44.8 Å². The average molecular weight is 489 g/mol. The minimum absolute atomic E-state index is 0.0823. The van der Waals surface area contributed by atoms with E-state index >= 15 is 0 Å². The Bertz CT molecular complexity index is 984. The summed E-state index contributed by atoms with van der Waals surface area (Å²) in [6.07, 6.45) is 5.54. The topological polar surface area (TPSA) is 115 Å². The van der Waals surface area contributed by atoms with Crippen LogP contribution in [0.4, 0.5) is 0 Å². The first kappa shape index (κ1) is 25.3. The highest BCUT2D eigenvalue weighted by Crippen LogP contribution is 2.71. The first-order valence-corrected chi connectivity index (χ1v) is 13.7. The first-order chi connectivity index (χ1) is 16.1. The van der Waals surface area contributed by atoms with Gasteiger partial charge in [-0.05, 0) is 105 Å². The molecule has 5 rings (SSSR count). The number of carboxylic acid groups (broad SMARTS) is 2. The van der Waals surface area contributed by atoms with Crippen molar-refractivity contribution in [1.82, 2.24) is 0 Å². The molecule has 6 heteroatoms. The molecular weight excluding hydrogens is 444 g/mol. The van der Waals surface area contributed by atoms with Crippen LogP contribution in [-0.2, 0) is 9.59 Å². The second kappa shape index (κ2) is 7.56. The molecule has 0 heterocycles. The van der Waals surface area contributed by atoms with Crippen LogP contribution >= 0.6 is 0 Å². The summed E-state index contributed by atoms with van der Waals surface area (Å²) < 4.78 is 0. The summed E-state index contributed by atoms with van der Waals surface area (Å²) in [5, 5.41) is 42.3.